The molecule has 2 aromatic rings. The van der Waals surface area contributed by atoms with Crippen LogP contribution in [0.4, 0.5) is 4.79 Å². The van der Waals surface area contributed by atoms with E-state index in [1.807, 2.05) is 42.5 Å². The number of imide groups is 1. The van der Waals surface area contributed by atoms with Crippen molar-refractivity contribution < 1.29 is 19.5 Å². The van der Waals surface area contributed by atoms with Crippen LogP contribution in [0.15, 0.2) is 54.6 Å². The number of hydrogen-bond donors (Lipinski definition) is 4. The number of nitrogens with zero attached hydrogens (tertiary/aromatic N) is 1. The average molecular weight is 461 g/mol. The number of amides is 4. The molecule has 2 aliphatic rings. The number of nitrogens with one attached hydrogen (secondary N) is 2. The largest absolute Gasteiger partial charge is 0.395 e. The molecule has 2 aliphatic heterocycles. The summed E-state index contributed by atoms with van der Waals surface area (Å²) in [5.74, 6) is 5.70. The average Bonchev–Trinajstić information content (AvgIpc) is 3.16. The number of hydrogen-bond acceptors (Lipinski definition) is 5. The predicted molar refractivity (Wildman–Crippen MR) is 127 cm³/mol. The minimum atomic E-state index is -1.63. The summed E-state index contributed by atoms with van der Waals surface area (Å²) in [5, 5.41) is 14.0. The molecule has 0 aromatic heterocycles. The van der Waals surface area contributed by atoms with Gasteiger partial charge in [-0.15, -0.1) is 0 Å². The molecule has 4 amide bonds. The predicted octanol–water partition coefficient (Wildman–Crippen LogP) is 1.08. The maximum atomic E-state index is 13.0. The topological polar surface area (TPSA) is 125 Å². The van der Waals surface area contributed by atoms with Gasteiger partial charge in [0.1, 0.15) is 5.54 Å². The summed E-state index contributed by atoms with van der Waals surface area (Å²) in [7, 11) is 0. The van der Waals surface area contributed by atoms with E-state index in [2.05, 4.69) is 34.6 Å². The number of piperidine rings is 1. The molecule has 176 valence electrons. The maximum Gasteiger partial charge on any atom is 0.322 e. The number of rotatable bonds is 5. The lowest BCUT2D eigenvalue weighted by Gasteiger charge is -2.36. The Hall–Kier alpha value is -3.67. The summed E-state index contributed by atoms with van der Waals surface area (Å²) in [5.41, 5.74) is 7.40. The fourth-order valence-electron chi connectivity index (χ4n) is 4.49. The van der Waals surface area contributed by atoms with E-state index in [1.165, 1.54) is 5.56 Å². The SMILES string of the molecule is NC(CO)C1(CC(=O)N2CCC(c3ccc(C#Cc4ccccc4)cc3)CC2)NC(=O)NC1=O. The zero-order valence-electron chi connectivity index (χ0n) is 18.8. The Bertz CT molecular complexity index is 1110. The summed E-state index contributed by atoms with van der Waals surface area (Å²) >= 11 is 0. The van der Waals surface area contributed by atoms with Gasteiger partial charge in [-0.3, -0.25) is 14.9 Å². The van der Waals surface area contributed by atoms with Gasteiger partial charge in [0.15, 0.2) is 0 Å². The van der Waals surface area contributed by atoms with Crippen LogP contribution in [0.3, 0.4) is 0 Å². The Labute approximate surface area is 198 Å². The van der Waals surface area contributed by atoms with E-state index < -0.39 is 30.1 Å². The molecule has 4 rings (SSSR count). The van der Waals surface area contributed by atoms with Crippen LogP contribution in [-0.2, 0) is 9.59 Å². The molecule has 0 spiro atoms. The first-order valence-electron chi connectivity index (χ1n) is 11.4. The molecule has 0 saturated carbocycles. The van der Waals surface area contributed by atoms with E-state index in [0.29, 0.717) is 19.0 Å². The number of urea groups is 1. The smallest absolute Gasteiger partial charge is 0.322 e. The van der Waals surface area contributed by atoms with Crippen LogP contribution < -0.4 is 16.4 Å². The van der Waals surface area contributed by atoms with Gasteiger partial charge in [0.25, 0.3) is 5.91 Å². The minimum Gasteiger partial charge on any atom is -0.395 e. The molecule has 34 heavy (non-hydrogen) atoms. The van der Waals surface area contributed by atoms with E-state index in [-0.39, 0.29) is 12.3 Å². The van der Waals surface area contributed by atoms with Crippen molar-refractivity contribution in [2.24, 2.45) is 5.73 Å². The summed E-state index contributed by atoms with van der Waals surface area (Å²) < 4.78 is 0. The second-order valence-electron chi connectivity index (χ2n) is 8.74. The van der Waals surface area contributed by atoms with Crippen LogP contribution in [0.25, 0.3) is 0 Å². The first-order chi connectivity index (χ1) is 16.4. The molecule has 0 radical (unpaired) electrons. The highest BCUT2D eigenvalue weighted by Gasteiger charge is 2.52. The Morgan fingerprint density at radius 3 is 2.24 bits per heavy atom. The van der Waals surface area contributed by atoms with E-state index in [4.69, 9.17) is 5.73 Å². The molecule has 2 saturated heterocycles. The molecule has 8 heteroatoms. The van der Waals surface area contributed by atoms with Gasteiger partial charge in [-0.05, 0) is 48.6 Å². The van der Waals surface area contributed by atoms with Crippen molar-refractivity contribution in [3.63, 3.8) is 0 Å². The third kappa shape index (κ3) is 4.96. The van der Waals surface area contributed by atoms with Crippen LogP contribution in [0, 0.1) is 11.8 Å². The second-order valence-corrected chi connectivity index (χ2v) is 8.74. The highest BCUT2D eigenvalue weighted by Crippen LogP contribution is 2.29. The van der Waals surface area contributed by atoms with Crippen LogP contribution >= 0.6 is 0 Å². The summed E-state index contributed by atoms with van der Waals surface area (Å²) in [6, 6.07) is 16.3. The lowest BCUT2D eigenvalue weighted by molar-refractivity contribution is -0.138. The molecule has 2 unspecified atom stereocenters. The number of benzene rings is 2. The number of likely N-dealkylation sites (tertiary alicyclic amines) is 1. The Balaban J connectivity index is 1.35. The van der Waals surface area contributed by atoms with Gasteiger partial charge in [0.05, 0.1) is 19.1 Å². The van der Waals surface area contributed by atoms with Gasteiger partial charge >= 0.3 is 6.03 Å². The second kappa shape index (κ2) is 10.1. The quantitative estimate of drug-likeness (QED) is 0.393. The zero-order valence-corrected chi connectivity index (χ0v) is 18.8. The van der Waals surface area contributed by atoms with Crippen molar-refractivity contribution >= 4 is 17.8 Å². The summed E-state index contributed by atoms with van der Waals surface area (Å²) in [6.45, 7) is 0.549. The van der Waals surface area contributed by atoms with Crippen molar-refractivity contribution in [1.82, 2.24) is 15.5 Å². The fourth-order valence-corrected chi connectivity index (χ4v) is 4.49. The van der Waals surface area contributed by atoms with Crippen molar-refractivity contribution in [3.05, 3.63) is 71.3 Å². The van der Waals surface area contributed by atoms with Crippen LogP contribution in [0.5, 0.6) is 0 Å². The third-order valence-corrected chi connectivity index (χ3v) is 6.58. The lowest BCUT2D eigenvalue weighted by Crippen LogP contribution is -2.63. The zero-order chi connectivity index (χ0) is 24.1. The molecule has 2 fully saturated rings. The number of nitrogens with two attached hydrogens (primary N) is 1. The Morgan fingerprint density at radius 2 is 1.68 bits per heavy atom. The molecular weight excluding hydrogens is 432 g/mol. The number of carbonyl (C=O) groups is 3. The van der Waals surface area contributed by atoms with Gasteiger partial charge in [-0.2, -0.15) is 0 Å². The number of aliphatic hydroxyl groups is 1. The Kier molecular flexibility index (Phi) is 6.96. The van der Waals surface area contributed by atoms with Crippen LogP contribution in [0.2, 0.25) is 0 Å². The normalized spacial score (nSPS) is 21.3. The minimum absolute atomic E-state index is 0.272. The van der Waals surface area contributed by atoms with Crippen molar-refractivity contribution in [1.29, 1.82) is 0 Å². The van der Waals surface area contributed by atoms with E-state index in [1.54, 1.807) is 4.90 Å². The molecule has 5 N–H and O–H groups in total. The monoisotopic (exact) mass is 460 g/mol. The van der Waals surface area contributed by atoms with Crippen molar-refractivity contribution in [2.75, 3.05) is 19.7 Å². The highest BCUT2D eigenvalue weighted by atomic mass is 16.3. The summed E-state index contributed by atoms with van der Waals surface area (Å²) in [4.78, 5) is 38.7. The van der Waals surface area contributed by atoms with E-state index in [0.717, 1.165) is 24.0 Å². The first-order valence-corrected chi connectivity index (χ1v) is 11.4. The van der Waals surface area contributed by atoms with Gasteiger partial charge in [0, 0.05) is 24.2 Å². The molecule has 2 aromatic carbocycles. The summed E-state index contributed by atoms with van der Waals surface area (Å²) in [6.07, 6.45) is 1.29. The van der Waals surface area contributed by atoms with E-state index >= 15 is 0 Å². The standard InChI is InChI=1S/C26H28N4O4/c27-22(17-31)26(24(33)28-25(34)29-26)16-23(32)30-14-12-21(13-15-30)20-10-8-19(9-11-20)7-6-18-4-2-1-3-5-18/h1-5,8-11,21-22,31H,12-17,27H2,(H2,28,29,33,34). The number of aliphatic hydroxyl groups excluding tert-OH is 1. The molecule has 8 nitrogen and oxygen atoms in total. The Morgan fingerprint density at radius 1 is 1.06 bits per heavy atom. The van der Waals surface area contributed by atoms with Gasteiger partial charge in [-0.25, -0.2) is 4.79 Å². The molecule has 0 aliphatic carbocycles. The van der Waals surface area contributed by atoms with Crippen LogP contribution in [0.1, 0.15) is 41.9 Å². The van der Waals surface area contributed by atoms with Gasteiger partial charge in [-0.1, -0.05) is 42.2 Å². The number of carbonyl (C=O) groups excluding carboxylic acids is 3. The molecule has 0 bridgehead atoms. The maximum absolute atomic E-state index is 13.0. The van der Waals surface area contributed by atoms with Crippen LogP contribution in [-0.4, -0.2) is 59.1 Å². The van der Waals surface area contributed by atoms with Gasteiger partial charge in [0.2, 0.25) is 5.91 Å². The van der Waals surface area contributed by atoms with E-state index in [9.17, 15) is 19.5 Å². The highest BCUT2D eigenvalue weighted by molar-refractivity contribution is 6.09. The fraction of sp³-hybridized carbons (Fsp3) is 0.346. The third-order valence-electron chi connectivity index (χ3n) is 6.58. The molecule has 2 heterocycles. The van der Waals surface area contributed by atoms with Crippen molar-refractivity contribution in [3.8, 4) is 11.8 Å². The van der Waals surface area contributed by atoms with Crippen molar-refractivity contribution in [2.45, 2.75) is 36.8 Å². The first kappa shape index (κ1) is 23.5. The lowest BCUT2D eigenvalue weighted by atomic mass is 9.85. The molecule has 2 atom stereocenters. The molecular formula is C26H28N4O4. The van der Waals surface area contributed by atoms with Gasteiger partial charge < -0.3 is 21.1 Å².